The Hall–Kier alpha value is -3.26. The summed E-state index contributed by atoms with van der Waals surface area (Å²) in [5, 5.41) is 0. The van der Waals surface area contributed by atoms with Crippen LogP contribution in [0.25, 0.3) is 0 Å². The molecular formula is C24H26FNO5S. The maximum Gasteiger partial charge on any atom is 0.264 e. The standard InChI is InChI=1S/C24H26FNO5S/c1-16-6-7-18(14-23(16)25)26(32(27,28)21-11-8-19(29-3)9-12-21)17(2)22-15-20(30-4)10-13-24(22)31-5/h6-15,17H,1-5H3. The third kappa shape index (κ3) is 4.50. The molecule has 0 aliphatic carbocycles. The van der Waals surface area contributed by atoms with Gasteiger partial charge >= 0.3 is 0 Å². The first-order chi connectivity index (χ1) is 15.2. The van der Waals surface area contributed by atoms with Gasteiger partial charge in [-0.15, -0.1) is 0 Å². The molecule has 0 N–H and O–H groups in total. The Labute approximate surface area is 188 Å². The number of halogens is 1. The van der Waals surface area contributed by atoms with Crippen LogP contribution in [0.1, 0.15) is 24.1 Å². The van der Waals surface area contributed by atoms with E-state index in [4.69, 9.17) is 14.2 Å². The SMILES string of the molecule is COc1ccc(S(=O)(=O)N(c2ccc(C)c(F)c2)C(C)c2cc(OC)ccc2OC)cc1. The van der Waals surface area contributed by atoms with Crippen molar-refractivity contribution >= 4 is 15.7 Å². The van der Waals surface area contributed by atoms with Gasteiger partial charge in [-0.1, -0.05) is 6.07 Å². The maximum atomic E-state index is 14.5. The Morgan fingerprint density at radius 1 is 0.844 bits per heavy atom. The molecule has 3 rings (SSSR count). The molecule has 0 fully saturated rings. The zero-order chi connectivity index (χ0) is 23.5. The van der Waals surface area contributed by atoms with Gasteiger partial charge in [0, 0.05) is 5.56 Å². The van der Waals surface area contributed by atoms with Gasteiger partial charge in [0.1, 0.15) is 23.1 Å². The highest BCUT2D eigenvalue weighted by Crippen LogP contribution is 2.39. The summed E-state index contributed by atoms with van der Waals surface area (Å²) in [5.41, 5.74) is 1.19. The van der Waals surface area contributed by atoms with Gasteiger partial charge in [-0.2, -0.15) is 0 Å². The van der Waals surface area contributed by atoms with Crippen molar-refractivity contribution in [2.45, 2.75) is 24.8 Å². The van der Waals surface area contributed by atoms with Crippen molar-refractivity contribution in [3.8, 4) is 17.2 Å². The van der Waals surface area contributed by atoms with Crippen LogP contribution in [-0.4, -0.2) is 29.7 Å². The van der Waals surface area contributed by atoms with E-state index in [0.29, 0.717) is 28.4 Å². The third-order valence-electron chi connectivity index (χ3n) is 5.26. The van der Waals surface area contributed by atoms with Crippen molar-refractivity contribution in [1.82, 2.24) is 0 Å². The number of rotatable bonds is 8. The highest BCUT2D eigenvalue weighted by atomic mass is 32.2. The van der Waals surface area contributed by atoms with Crippen LogP contribution in [0.2, 0.25) is 0 Å². The van der Waals surface area contributed by atoms with E-state index in [1.807, 2.05) is 0 Å². The van der Waals surface area contributed by atoms with Crippen LogP contribution >= 0.6 is 0 Å². The first kappa shape index (κ1) is 23.4. The summed E-state index contributed by atoms with van der Waals surface area (Å²) in [6.45, 7) is 3.34. The van der Waals surface area contributed by atoms with E-state index in [9.17, 15) is 12.8 Å². The van der Waals surface area contributed by atoms with Gasteiger partial charge in [-0.05, 0) is 74.0 Å². The molecule has 0 aromatic heterocycles. The summed E-state index contributed by atoms with van der Waals surface area (Å²) in [6, 6.07) is 14.8. The molecule has 0 spiro atoms. The molecule has 1 unspecified atom stereocenters. The number of nitrogens with zero attached hydrogens (tertiary/aromatic N) is 1. The fraction of sp³-hybridized carbons (Fsp3) is 0.250. The smallest absolute Gasteiger partial charge is 0.264 e. The predicted molar refractivity (Wildman–Crippen MR) is 122 cm³/mol. The lowest BCUT2D eigenvalue weighted by molar-refractivity contribution is 0.396. The molecule has 0 aliphatic rings. The highest BCUT2D eigenvalue weighted by Gasteiger charge is 2.32. The van der Waals surface area contributed by atoms with E-state index in [1.165, 1.54) is 43.8 Å². The van der Waals surface area contributed by atoms with Gasteiger partial charge in [0.15, 0.2) is 0 Å². The number of hydrogen-bond donors (Lipinski definition) is 0. The second-order valence-electron chi connectivity index (χ2n) is 7.19. The molecule has 6 nitrogen and oxygen atoms in total. The Morgan fingerprint density at radius 2 is 1.47 bits per heavy atom. The van der Waals surface area contributed by atoms with Crippen molar-refractivity contribution in [2.24, 2.45) is 0 Å². The van der Waals surface area contributed by atoms with Crippen molar-refractivity contribution in [1.29, 1.82) is 0 Å². The molecule has 170 valence electrons. The molecule has 8 heteroatoms. The van der Waals surface area contributed by atoms with E-state index >= 15 is 0 Å². The number of benzene rings is 3. The van der Waals surface area contributed by atoms with Crippen LogP contribution < -0.4 is 18.5 Å². The molecule has 0 bridgehead atoms. The minimum absolute atomic E-state index is 0.0491. The summed E-state index contributed by atoms with van der Waals surface area (Å²) in [7, 11) is 0.447. The minimum Gasteiger partial charge on any atom is -0.497 e. The second kappa shape index (κ2) is 9.48. The molecular weight excluding hydrogens is 433 g/mol. The number of aryl methyl sites for hydroxylation is 1. The number of hydrogen-bond acceptors (Lipinski definition) is 5. The lowest BCUT2D eigenvalue weighted by atomic mass is 10.1. The predicted octanol–water partition coefficient (Wildman–Crippen LogP) is 5.12. The highest BCUT2D eigenvalue weighted by molar-refractivity contribution is 7.92. The van der Waals surface area contributed by atoms with Gasteiger partial charge < -0.3 is 14.2 Å². The van der Waals surface area contributed by atoms with Crippen LogP contribution in [0, 0.1) is 12.7 Å². The topological polar surface area (TPSA) is 65.1 Å². The van der Waals surface area contributed by atoms with Crippen molar-refractivity contribution in [2.75, 3.05) is 25.6 Å². The van der Waals surface area contributed by atoms with Crippen LogP contribution in [-0.2, 0) is 10.0 Å². The molecule has 32 heavy (non-hydrogen) atoms. The average molecular weight is 460 g/mol. The molecule has 3 aromatic carbocycles. The monoisotopic (exact) mass is 459 g/mol. The van der Waals surface area contributed by atoms with Crippen molar-refractivity contribution < 1.29 is 27.0 Å². The van der Waals surface area contributed by atoms with E-state index in [-0.39, 0.29) is 10.6 Å². The normalized spacial score (nSPS) is 12.2. The Morgan fingerprint density at radius 3 is 2.03 bits per heavy atom. The summed E-state index contributed by atoms with van der Waals surface area (Å²) >= 11 is 0. The number of anilines is 1. The van der Waals surface area contributed by atoms with Crippen LogP contribution in [0.5, 0.6) is 17.2 Å². The van der Waals surface area contributed by atoms with Crippen LogP contribution in [0.3, 0.4) is 0 Å². The molecule has 1 atom stereocenters. The summed E-state index contributed by atoms with van der Waals surface area (Å²) in [5.74, 6) is 1.06. The number of methoxy groups -OCH3 is 3. The van der Waals surface area contributed by atoms with E-state index < -0.39 is 21.9 Å². The zero-order valence-electron chi connectivity index (χ0n) is 18.6. The fourth-order valence-electron chi connectivity index (χ4n) is 3.44. The number of sulfonamides is 1. The Bertz CT molecular complexity index is 1200. The van der Waals surface area contributed by atoms with Crippen molar-refractivity contribution in [3.63, 3.8) is 0 Å². The Balaban J connectivity index is 2.22. The summed E-state index contributed by atoms with van der Waals surface area (Å²) in [4.78, 5) is 0.0491. The first-order valence-corrected chi connectivity index (χ1v) is 11.3. The number of ether oxygens (including phenoxy) is 3. The third-order valence-corrected chi connectivity index (χ3v) is 7.18. The molecule has 0 radical (unpaired) electrons. The molecule has 0 heterocycles. The van der Waals surface area contributed by atoms with E-state index in [1.54, 1.807) is 56.3 Å². The van der Waals surface area contributed by atoms with Crippen LogP contribution in [0.15, 0.2) is 65.6 Å². The summed E-state index contributed by atoms with van der Waals surface area (Å²) in [6.07, 6.45) is 0. The lowest BCUT2D eigenvalue weighted by Crippen LogP contribution is -2.34. The maximum absolute atomic E-state index is 14.5. The van der Waals surface area contributed by atoms with Gasteiger partial charge in [0.2, 0.25) is 0 Å². The fourth-order valence-corrected chi connectivity index (χ4v) is 5.07. The van der Waals surface area contributed by atoms with Gasteiger partial charge in [0.25, 0.3) is 10.0 Å². The molecule has 0 aliphatic heterocycles. The quantitative estimate of drug-likeness (QED) is 0.468. The summed E-state index contributed by atoms with van der Waals surface area (Å²) < 4.78 is 59.2. The molecule has 0 amide bonds. The molecule has 3 aromatic rings. The zero-order valence-corrected chi connectivity index (χ0v) is 19.4. The van der Waals surface area contributed by atoms with Gasteiger partial charge in [-0.25, -0.2) is 12.8 Å². The molecule has 0 saturated carbocycles. The van der Waals surface area contributed by atoms with Gasteiger partial charge in [-0.3, -0.25) is 4.31 Å². The second-order valence-corrected chi connectivity index (χ2v) is 9.01. The van der Waals surface area contributed by atoms with E-state index in [0.717, 1.165) is 0 Å². The van der Waals surface area contributed by atoms with Gasteiger partial charge in [0.05, 0.1) is 38.0 Å². The largest absolute Gasteiger partial charge is 0.497 e. The van der Waals surface area contributed by atoms with E-state index in [2.05, 4.69) is 0 Å². The average Bonchev–Trinajstić information content (AvgIpc) is 2.80. The lowest BCUT2D eigenvalue weighted by Gasteiger charge is -2.32. The van der Waals surface area contributed by atoms with Crippen LogP contribution in [0.4, 0.5) is 10.1 Å². The first-order valence-electron chi connectivity index (χ1n) is 9.89. The van der Waals surface area contributed by atoms with Crippen molar-refractivity contribution in [3.05, 3.63) is 77.6 Å². The minimum atomic E-state index is -4.09. The molecule has 0 saturated heterocycles. The Kier molecular flexibility index (Phi) is 6.93.